The second kappa shape index (κ2) is 5.86. The number of hydrazone groups is 1. The van der Waals surface area contributed by atoms with E-state index < -0.39 is 0 Å². The van der Waals surface area contributed by atoms with Crippen LogP contribution in [0.2, 0.25) is 4.34 Å². The van der Waals surface area contributed by atoms with Gasteiger partial charge in [-0.15, -0.1) is 11.3 Å². The Morgan fingerprint density at radius 2 is 2.13 bits per heavy atom. The lowest BCUT2D eigenvalue weighted by molar-refractivity contribution is -0.130. The third-order valence-electron chi connectivity index (χ3n) is 3.74. The molecule has 7 heteroatoms. The first-order chi connectivity index (χ1) is 11.2. The van der Waals surface area contributed by atoms with Crippen LogP contribution in [-0.4, -0.2) is 30.0 Å². The van der Waals surface area contributed by atoms with Gasteiger partial charge in [-0.05, 0) is 29.8 Å². The van der Waals surface area contributed by atoms with Crippen molar-refractivity contribution in [2.75, 3.05) is 13.3 Å². The van der Waals surface area contributed by atoms with Crippen LogP contribution in [0.5, 0.6) is 11.5 Å². The van der Waals surface area contributed by atoms with E-state index in [9.17, 15) is 4.79 Å². The van der Waals surface area contributed by atoms with E-state index in [1.165, 1.54) is 16.3 Å². The summed E-state index contributed by atoms with van der Waals surface area (Å²) in [6, 6.07) is 9.35. The third-order valence-corrected chi connectivity index (χ3v) is 5.02. The number of fused-ring (bicyclic) bond motifs is 1. The molecule has 0 saturated heterocycles. The fourth-order valence-electron chi connectivity index (χ4n) is 2.60. The molecule has 0 atom stereocenters. The number of nitrogens with zero attached hydrogens (tertiary/aromatic N) is 2. The van der Waals surface area contributed by atoms with Crippen molar-refractivity contribution < 1.29 is 14.3 Å². The molecule has 0 aliphatic carbocycles. The molecule has 3 heterocycles. The Labute approximate surface area is 142 Å². The molecule has 0 fully saturated rings. The normalized spacial score (nSPS) is 15.9. The number of amides is 1. The second-order valence-corrected chi connectivity index (χ2v) is 7.00. The van der Waals surface area contributed by atoms with Crippen LogP contribution in [-0.2, 0) is 11.2 Å². The van der Waals surface area contributed by atoms with Crippen molar-refractivity contribution in [3.63, 3.8) is 0 Å². The van der Waals surface area contributed by atoms with Gasteiger partial charge in [0.05, 0.1) is 27.9 Å². The molecule has 0 unspecified atom stereocenters. The highest BCUT2D eigenvalue weighted by molar-refractivity contribution is 7.18. The van der Waals surface area contributed by atoms with E-state index in [-0.39, 0.29) is 12.7 Å². The summed E-state index contributed by atoms with van der Waals surface area (Å²) < 4.78 is 11.3. The SMILES string of the molecule is O=C(Cc1ccc2c(c1)OCO2)N1CCC(c2ccc(Cl)s2)=N1. The molecular formula is C16H13ClN2O3S. The zero-order valence-corrected chi connectivity index (χ0v) is 13.7. The number of carbonyl (C=O) groups is 1. The molecule has 0 spiro atoms. The molecule has 1 aromatic heterocycles. The maximum absolute atomic E-state index is 12.4. The second-order valence-electron chi connectivity index (χ2n) is 5.28. The van der Waals surface area contributed by atoms with E-state index >= 15 is 0 Å². The Bertz CT molecular complexity index is 802. The van der Waals surface area contributed by atoms with Crippen LogP contribution in [0, 0.1) is 0 Å². The number of rotatable bonds is 3. The zero-order chi connectivity index (χ0) is 15.8. The number of ether oxygens (including phenoxy) is 2. The lowest BCUT2D eigenvalue weighted by atomic mass is 10.1. The van der Waals surface area contributed by atoms with Gasteiger partial charge in [0.1, 0.15) is 0 Å². The van der Waals surface area contributed by atoms with Gasteiger partial charge in [0, 0.05) is 6.42 Å². The van der Waals surface area contributed by atoms with Crippen LogP contribution in [0.1, 0.15) is 16.9 Å². The highest BCUT2D eigenvalue weighted by atomic mass is 35.5. The molecule has 0 saturated carbocycles. The van der Waals surface area contributed by atoms with Gasteiger partial charge in [-0.2, -0.15) is 5.10 Å². The average Bonchev–Trinajstić information content (AvgIpc) is 3.26. The molecule has 23 heavy (non-hydrogen) atoms. The number of benzene rings is 1. The quantitative estimate of drug-likeness (QED) is 0.855. The molecule has 5 nitrogen and oxygen atoms in total. The molecule has 0 N–H and O–H groups in total. The van der Waals surface area contributed by atoms with Gasteiger partial charge in [-0.1, -0.05) is 17.7 Å². The van der Waals surface area contributed by atoms with Crippen molar-refractivity contribution in [3.8, 4) is 11.5 Å². The topological polar surface area (TPSA) is 51.1 Å². The number of halogens is 1. The molecule has 0 radical (unpaired) electrons. The first kappa shape index (κ1) is 14.5. The Morgan fingerprint density at radius 1 is 1.26 bits per heavy atom. The summed E-state index contributed by atoms with van der Waals surface area (Å²) in [5.41, 5.74) is 1.81. The smallest absolute Gasteiger partial charge is 0.247 e. The summed E-state index contributed by atoms with van der Waals surface area (Å²) >= 11 is 7.43. The Kier molecular flexibility index (Phi) is 3.71. The lowest BCUT2D eigenvalue weighted by Gasteiger charge is -2.11. The monoisotopic (exact) mass is 348 g/mol. The van der Waals surface area contributed by atoms with Crippen molar-refractivity contribution in [3.05, 3.63) is 45.1 Å². The highest BCUT2D eigenvalue weighted by Crippen LogP contribution is 2.33. The largest absolute Gasteiger partial charge is 0.454 e. The maximum atomic E-state index is 12.4. The van der Waals surface area contributed by atoms with Crippen molar-refractivity contribution >= 4 is 34.6 Å². The first-order valence-electron chi connectivity index (χ1n) is 7.21. The fraction of sp³-hybridized carbons (Fsp3) is 0.250. The van der Waals surface area contributed by atoms with E-state index in [1.54, 1.807) is 0 Å². The summed E-state index contributed by atoms with van der Waals surface area (Å²) in [5, 5.41) is 5.97. The molecule has 118 valence electrons. The summed E-state index contributed by atoms with van der Waals surface area (Å²) in [6.07, 6.45) is 1.04. The predicted molar refractivity (Wildman–Crippen MR) is 88.5 cm³/mol. The van der Waals surface area contributed by atoms with Crippen LogP contribution < -0.4 is 9.47 Å². The minimum atomic E-state index is -0.0264. The van der Waals surface area contributed by atoms with E-state index in [0.717, 1.165) is 32.7 Å². The van der Waals surface area contributed by atoms with Gasteiger partial charge in [-0.3, -0.25) is 4.79 Å². The number of hydrogen-bond donors (Lipinski definition) is 0. The Morgan fingerprint density at radius 3 is 2.96 bits per heavy atom. The van der Waals surface area contributed by atoms with Gasteiger partial charge in [-0.25, -0.2) is 5.01 Å². The van der Waals surface area contributed by atoms with Crippen molar-refractivity contribution in [2.45, 2.75) is 12.8 Å². The number of carbonyl (C=O) groups excluding carboxylic acids is 1. The third kappa shape index (κ3) is 2.92. The Hall–Kier alpha value is -2.05. The molecule has 2 aliphatic rings. The summed E-state index contributed by atoms with van der Waals surface area (Å²) in [7, 11) is 0. The Balaban J connectivity index is 1.46. The average molecular weight is 349 g/mol. The minimum Gasteiger partial charge on any atom is -0.454 e. The highest BCUT2D eigenvalue weighted by Gasteiger charge is 2.23. The van der Waals surface area contributed by atoms with Crippen LogP contribution >= 0.6 is 22.9 Å². The summed E-state index contributed by atoms with van der Waals surface area (Å²) in [5.74, 6) is 1.38. The maximum Gasteiger partial charge on any atom is 0.247 e. The molecular weight excluding hydrogens is 336 g/mol. The van der Waals surface area contributed by atoms with Crippen LogP contribution in [0.25, 0.3) is 0 Å². The van der Waals surface area contributed by atoms with E-state index in [2.05, 4.69) is 5.10 Å². The van der Waals surface area contributed by atoms with Crippen LogP contribution in [0.3, 0.4) is 0 Å². The predicted octanol–water partition coefficient (Wildman–Crippen LogP) is 3.31. The van der Waals surface area contributed by atoms with Crippen LogP contribution in [0.4, 0.5) is 0 Å². The van der Waals surface area contributed by atoms with Crippen molar-refractivity contribution in [2.24, 2.45) is 5.10 Å². The molecule has 2 aromatic rings. The molecule has 1 amide bonds. The van der Waals surface area contributed by atoms with E-state index in [1.807, 2.05) is 30.3 Å². The molecule has 4 rings (SSSR count). The van der Waals surface area contributed by atoms with E-state index in [4.69, 9.17) is 21.1 Å². The van der Waals surface area contributed by atoms with Crippen molar-refractivity contribution in [1.82, 2.24) is 5.01 Å². The van der Waals surface area contributed by atoms with Crippen molar-refractivity contribution in [1.29, 1.82) is 0 Å². The molecule has 0 bridgehead atoms. The van der Waals surface area contributed by atoms with Gasteiger partial charge in [0.2, 0.25) is 12.7 Å². The summed E-state index contributed by atoms with van der Waals surface area (Å²) in [6.45, 7) is 0.837. The summed E-state index contributed by atoms with van der Waals surface area (Å²) in [4.78, 5) is 13.4. The lowest BCUT2D eigenvalue weighted by Crippen LogP contribution is -2.25. The fourth-order valence-corrected chi connectivity index (χ4v) is 3.65. The standard InChI is InChI=1S/C16H13ClN2O3S/c17-15-4-3-14(23-15)11-5-6-19(18-11)16(20)8-10-1-2-12-13(7-10)22-9-21-12/h1-4,7H,5-6,8-9H2. The van der Waals surface area contributed by atoms with Crippen LogP contribution in [0.15, 0.2) is 35.4 Å². The van der Waals surface area contributed by atoms with Gasteiger partial charge >= 0.3 is 0 Å². The van der Waals surface area contributed by atoms with Gasteiger partial charge < -0.3 is 9.47 Å². The number of hydrogen-bond acceptors (Lipinski definition) is 5. The minimum absolute atomic E-state index is 0.0264. The van der Waals surface area contributed by atoms with Gasteiger partial charge in [0.25, 0.3) is 0 Å². The zero-order valence-electron chi connectivity index (χ0n) is 12.1. The molecule has 2 aliphatic heterocycles. The van der Waals surface area contributed by atoms with Gasteiger partial charge in [0.15, 0.2) is 11.5 Å². The molecule has 1 aromatic carbocycles. The van der Waals surface area contributed by atoms with E-state index in [0.29, 0.717) is 18.7 Å². The number of thiophene rings is 1. The first-order valence-corrected chi connectivity index (χ1v) is 8.40.